The second kappa shape index (κ2) is 5.78. The van der Waals surface area contributed by atoms with Crippen molar-refractivity contribution >= 4 is 11.6 Å². The van der Waals surface area contributed by atoms with E-state index in [0.29, 0.717) is 17.7 Å². The van der Waals surface area contributed by atoms with Crippen molar-refractivity contribution in [2.45, 2.75) is 6.42 Å². The number of aliphatic hydroxyl groups is 1. The first-order valence-corrected chi connectivity index (χ1v) is 6.74. The number of aromatic nitrogens is 1. The molecule has 1 aliphatic heterocycles. The lowest BCUT2D eigenvalue weighted by Gasteiger charge is -2.17. The number of carbonyl (C=O) groups is 1. The summed E-state index contributed by atoms with van der Waals surface area (Å²) in [4.78, 5) is 18.5. The number of benzene rings is 1. The number of rotatable bonds is 1. The first kappa shape index (κ1) is 13.3. The zero-order valence-electron chi connectivity index (χ0n) is 11.4. The summed E-state index contributed by atoms with van der Waals surface area (Å²) in [6.07, 6.45) is 4.00. The maximum absolute atomic E-state index is 12.6. The molecule has 0 aliphatic carbocycles. The van der Waals surface area contributed by atoms with Gasteiger partial charge >= 0.3 is 0 Å². The van der Waals surface area contributed by atoms with Crippen LogP contribution in [0.25, 0.3) is 0 Å². The third-order valence-electron chi connectivity index (χ3n) is 3.43. The van der Waals surface area contributed by atoms with Crippen LogP contribution < -0.4 is 4.90 Å². The predicted molar refractivity (Wildman–Crippen MR) is 80.0 cm³/mol. The highest BCUT2D eigenvalue weighted by Crippen LogP contribution is 2.28. The molecular formula is C17H14N2O2. The Balaban J connectivity index is 1.90. The molecule has 4 nitrogen and oxygen atoms in total. The van der Waals surface area contributed by atoms with E-state index in [1.54, 1.807) is 23.4 Å². The lowest BCUT2D eigenvalue weighted by atomic mass is 10.1. The van der Waals surface area contributed by atoms with Crippen molar-refractivity contribution in [2.75, 3.05) is 18.1 Å². The number of hydrogen-bond acceptors (Lipinski definition) is 3. The Morgan fingerprint density at radius 2 is 2.19 bits per heavy atom. The van der Waals surface area contributed by atoms with Gasteiger partial charge in [0.2, 0.25) is 0 Å². The van der Waals surface area contributed by atoms with Crippen LogP contribution in [0, 0.1) is 11.8 Å². The van der Waals surface area contributed by atoms with Gasteiger partial charge in [-0.05, 0) is 24.1 Å². The van der Waals surface area contributed by atoms with Crippen molar-refractivity contribution in [3.05, 3.63) is 59.4 Å². The van der Waals surface area contributed by atoms with E-state index in [-0.39, 0.29) is 12.5 Å². The van der Waals surface area contributed by atoms with Crippen LogP contribution in [0.4, 0.5) is 5.69 Å². The molecule has 0 saturated carbocycles. The molecule has 0 spiro atoms. The number of hydrogen-bond donors (Lipinski definition) is 1. The summed E-state index contributed by atoms with van der Waals surface area (Å²) in [5.41, 5.74) is 3.29. The van der Waals surface area contributed by atoms with Crippen LogP contribution in [0.1, 0.15) is 21.5 Å². The first-order chi connectivity index (χ1) is 10.3. The average Bonchev–Trinajstić information content (AvgIpc) is 2.96. The third kappa shape index (κ3) is 2.64. The summed E-state index contributed by atoms with van der Waals surface area (Å²) >= 11 is 0. The topological polar surface area (TPSA) is 53.4 Å². The lowest BCUT2D eigenvalue weighted by molar-refractivity contribution is 0.0989. The highest BCUT2D eigenvalue weighted by atomic mass is 16.2. The molecule has 2 aromatic rings. The molecule has 0 fully saturated rings. The number of pyridine rings is 1. The van der Waals surface area contributed by atoms with Crippen molar-refractivity contribution in [2.24, 2.45) is 0 Å². The third-order valence-corrected chi connectivity index (χ3v) is 3.43. The molecular weight excluding hydrogens is 264 g/mol. The minimum Gasteiger partial charge on any atom is -0.384 e. The lowest BCUT2D eigenvalue weighted by Crippen LogP contribution is -2.29. The van der Waals surface area contributed by atoms with E-state index in [1.165, 1.54) is 5.56 Å². The van der Waals surface area contributed by atoms with Gasteiger partial charge in [-0.2, -0.15) is 0 Å². The Bertz CT molecular complexity index is 744. The van der Waals surface area contributed by atoms with Crippen molar-refractivity contribution in [3.63, 3.8) is 0 Å². The summed E-state index contributed by atoms with van der Waals surface area (Å²) in [5.74, 6) is 5.25. The molecule has 4 heteroatoms. The van der Waals surface area contributed by atoms with Gasteiger partial charge in [-0.25, -0.2) is 0 Å². The molecule has 21 heavy (non-hydrogen) atoms. The van der Waals surface area contributed by atoms with Gasteiger partial charge in [0.25, 0.3) is 5.91 Å². The molecule has 0 atom stereocenters. The maximum atomic E-state index is 12.6. The molecule has 2 heterocycles. The second-order valence-electron chi connectivity index (χ2n) is 4.76. The van der Waals surface area contributed by atoms with Crippen molar-refractivity contribution in [1.29, 1.82) is 0 Å². The Kier molecular flexibility index (Phi) is 3.67. The smallest absolute Gasteiger partial charge is 0.259 e. The summed E-state index contributed by atoms with van der Waals surface area (Å²) < 4.78 is 0. The van der Waals surface area contributed by atoms with Gasteiger partial charge in [-0.15, -0.1) is 0 Å². The molecule has 1 aromatic heterocycles. The van der Waals surface area contributed by atoms with Crippen LogP contribution in [-0.4, -0.2) is 29.1 Å². The van der Waals surface area contributed by atoms with E-state index in [2.05, 4.69) is 16.8 Å². The zero-order chi connectivity index (χ0) is 14.7. The molecule has 0 unspecified atom stereocenters. The highest BCUT2D eigenvalue weighted by Gasteiger charge is 2.25. The molecule has 104 valence electrons. The average molecular weight is 278 g/mol. The van der Waals surface area contributed by atoms with Crippen LogP contribution >= 0.6 is 0 Å². The van der Waals surface area contributed by atoms with Gasteiger partial charge in [-0.1, -0.05) is 30.0 Å². The van der Waals surface area contributed by atoms with Crippen LogP contribution in [0.2, 0.25) is 0 Å². The Hall–Kier alpha value is -2.64. The maximum Gasteiger partial charge on any atom is 0.259 e. The minimum atomic E-state index is -0.211. The summed E-state index contributed by atoms with van der Waals surface area (Å²) in [6.45, 7) is 0.475. The Morgan fingerprint density at radius 3 is 3.05 bits per heavy atom. The van der Waals surface area contributed by atoms with E-state index in [9.17, 15) is 4.79 Å². The van der Waals surface area contributed by atoms with Crippen molar-refractivity contribution in [3.8, 4) is 11.8 Å². The minimum absolute atomic E-state index is 0.0694. The number of carbonyl (C=O) groups excluding carboxylic acids is 1. The number of nitrogens with zero attached hydrogens (tertiary/aromatic N) is 2. The van der Waals surface area contributed by atoms with Gasteiger partial charge in [-0.3, -0.25) is 9.78 Å². The summed E-state index contributed by atoms with van der Waals surface area (Å²) in [6, 6.07) is 9.64. The number of anilines is 1. The van der Waals surface area contributed by atoms with E-state index in [0.717, 1.165) is 12.1 Å². The first-order valence-electron chi connectivity index (χ1n) is 6.74. The summed E-state index contributed by atoms with van der Waals surface area (Å²) in [7, 11) is 0. The second-order valence-corrected chi connectivity index (χ2v) is 4.76. The SMILES string of the molecule is O=C(c1cncc(C#CCO)c1)N1CCc2ccccc21. The predicted octanol–water partition coefficient (Wildman–Crippen LogP) is 1.63. The number of amides is 1. The number of aliphatic hydroxyl groups excluding tert-OH is 1. The van der Waals surface area contributed by atoms with Gasteiger partial charge in [0.15, 0.2) is 0 Å². The van der Waals surface area contributed by atoms with Crippen LogP contribution in [-0.2, 0) is 6.42 Å². The van der Waals surface area contributed by atoms with Crippen molar-refractivity contribution in [1.82, 2.24) is 4.98 Å². The van der Waals surface area contributed by atoms with Crippen LogP contribution in [0.15, 0.2) is 42.7 Å². The van der Waals surface area contributed by atoms with E-state index in [1.807, 2.05) is 24.3 Å². The number of fused-ring (bicyclic) bond motifs is 1. The van der Waals surface area contributed by atoms with E-state index in [4.69, 9.17) is 5.11 Å². The Labute approximate surface area is 123 Å². The summed E-state index contributed by atoms with van der Waals surface area (Å²) in [5, 5.41) is 8.72. The zero-order valence-corrected chi connectivity index (χ0v) is 11.4. The highest BCUT2D eigenvalue weighted by molar-refractivity contribution is 6.07. The molecule has 1 aromatic carbocycles. The fourth-order valence-corrected chi connectivity index (χ4v) is 2.47. The standard InChI is InChI=1S/C17H14N2O2/c20-9-3-4-13-10-15(12-18-11-13)17(21)19-8-7-14-5-1-2-6-16(14)19/h1-2,5-6,10-12,20H,7-9H2. The Morgan fingerprint density at radius 1 is 1.33 bits per heavy atom. The largest absolute Gasteiger partial charge is 0.384 e. The quantitative estimate of drug-likeness (QED) is 0.807. The van der Waals surface area contributed by atoms with E-state index >= 15 is 0 Å². The van der Waals surface area contributed by atoms with Gasteiger partial charge < -0.3 is 10.0 Å². The van der Waals surface area contributed by atoms with Crippen molar-refractivity contribution < 1.29 is 9.90 Å². The molecule has 0 radical (unpaired) electrons. The van der Waals surface area contributed by atoms with E-state index < -0.39 is 0 Å². The van der Waals surface area contributed by atoms with Crippen LogP contribution in [0.3, 0.4) is 0 Å². The molecule has 1 aliphatic rings. The fraction of sp³-hybridized carbons (Fsp3) is 0.176. The van der Waals surface area contributed by atoms with Gasteiger partial charge in [0.1, 0.15) is 6.61 Å². The van der Waals surface area contributed by atoms with Crippen LogP contribution in [0.5, 0.6) is 0 Å². The molecule has 0 bridgehead atoms. The molecule has 1 amide bonds. The molecule has 0 saturated heterocycles. The van der Waals surface area contributed by atoms with Gasteiger partial charge in [0, 0.05) is 30.2 Å². The molecule has 3 rings (SSSR count). The molecule has 1 N–H and O–H groups in total. The van der Waals surface area contributed by atoms with Gasteiger partial charge in [0.05, 0.1) is 5.56 Å². The number of para-hydroxylation sites is 1. The normalized spacial score (nSPS) is 12.5. The fourth-order valence-electron chi connectivity index (χ4n) is 2.47. The monoisotopic (exact) mass is 278 g/mol.